The minimum atomic E-state index is -0.954. The number of nitrogens with zero attached hydrogens (tertiary/aromatic N) is 2. The van der Waals surface area contributed by atoms with Crippen molar-refractivity contribution in [1.82, 2.24) is 4.90 Å². The normalized spacial score (nSPS) is 24.0. The van der Waals surface area contributed by atoms with Gasteiger partial charge in [0.15, 0.2) is 0 Å². The molecule has 1 saturated carbocycles. The number of imide groups is 1. The van der Waals surface area contributed by atoms with Gasteiger partial charge in [0.05, 0.1) is 16.8 Å². The molecule has 2 aliphatic rings. The molecule has 8 heteroatoms. The van der Waals surface area contributed by atoms with E-state index < -0.39 is 16.9 Å². The molecule has 0 radical (unpaired) electrons. The summed E-state index contributed by atoms with van der Waals surface area (Å²) in [5, 5.41) is 13.4. The number of fused-ring (bicyclic) bond motifs is 1. The number of likely N-dealkylation sites (tertiary alicyclic amines) is 1. The highest BCUT2D eigenvalue weighted by atomic mass is 16.6. The topological polar surface area (TPSA) is 110 Å². The van der Waals surface area contributed by atoms with Crippen molar-refractivity contribution >= 4 is 29.1 Å². The van der Waals surface area contributed by atoms with Gasteiger partial charge in [-0.1, -0.05) is 18.9 Å². The zero-order valence-electron chi connectivity index (χ0n) is 13.8. The highest BCUT2D eigenvalue weighted by Gasteiger charge is 2.50. The third-order valence-corrected chi connectivity index (χ3v) is 4.97. The van der Waals surface area contributed by atoms with E-state index in [-0.39, 0.29) is 35.0 Å². The lowest BCUT2D eigenvalue weighted by atomic mass is 9.81. The van der Waals surface area contributed by atoms with Crippen molar-refractivity contribution in [3.8, 4) is 0 Å². The van der Waals surface area contributed by atoms with Crippen molar-refractivity contribution in [2.75, 3.05) is 5.32 Å². The maximum atomic E-state index is 12.5. The Balaban J connectivity index is 1.74. The number of nitro groups is 1. The smallest absolute Gasteiger partial charge is 0.271 e. The molecule has 1 aromatic carbocycles. The molecule has 1 aliphatic heterocycles. The number of hydrogen-bond donors (Lipinski definition) is 1. The van der Waals surface area contributed by atoms with Gasteiger partial charge in [-0.25, -0.2) is 0 Å². The van der Waals surface area contributed by atoms with Crippen LogP contribution in [0.15, 0.2) is 24.3 Å². The lowest BCUT2D eigenvalue weighted by Crippen LogP contribution is -2.46. The lowest BCUT2D eigenvalue weighted by molar-refractivity contribution is -0.384. The first-order chi connectivity index (χ1) is 11.9. The maximum absolute atomic E-state index is 12.5. The molecule has 25 heavy (non-hydrogen) atoms. The van der Waals surface area contributed by atoms with Gasteiger partial charge in [0.1, 0.15) is 6.04 Å². The molecule has 1 N–H and O–H groups in total. The van der Waals surface area contributed by atoms with Crippen LogP contribution >= 0.6 is 0 Å². The van der Waals surface area contributed by atoms with Crippen LogP contribution in [0.25, 0.3) is 0 Å². The number of non-ortho nitro benzene ring substituents is 1. The van der Waals surface area contributed by atoms with Crippen molar-refractivity contribution < 1.29 is 19.3 Å². The van der Waals surface area contributed by atoms with Crippen molar-refractivity contribution in [3.63, 3.8) is 0 Å². The molecule has 3 atom stereocenters. The highest BCUT2D eigenvalue weighted by Crippen LogP contribution is 2.38. The number of benzene rings is 1. The van der Waals surface area contributed by atoms with Crippen LogP contribution < -0.4 is 5.32 Å². The Morgan fingerprint density at radius 2 is 1.84 bits per heavy atom. The lowest BCUT2D eigenvalue weighted by Gasteiger charge is -2.22. The summed E-state index contributed by atoms with van der Waals surface area (Å²) in [4.78, 5) is 48.8. The molecular weight excluding hydrogens is 326 g/mol. The van der Waals surface area contributed by atoms with Gasteiger partial charge in [0, 0.05) is 17.8 Å². The molecule has 0 aromatic heterocycles. The van der Waals surface area contributed by atoms with Crippen molar-refractivity contribution in [2.24, 2.45) is 11.8 Å². The van der Waals surface area contributed by atoms with E-state index in [1.54, 1.807) is 0 Å². The van der Waals surface area contributed by atoms with Gasteiger partial charge in [-0.15, -0.1) is 0 Å². The second kappa shape index (κ2) is 6.62. The highest BCUT2D eigenvalue weighted by molar-refractivity contribution is 6.09. The molecule has 1 aromatic rings. The minimum Gasteiger partial charge on any atom is -0.324 e. The first-order valence-corrected chi connectivity index (χ1v) is 8.32. The second-order valence-corrected chi connectivity index (χ2v) is 6.52. The Morgan fingerprint density at radius 3 is 2.40 bits per heavy atom. The van der Waals surface area contributed by atoms with E-state index in [1.807, 2.05) is 0 Å². The summed E-state index contributed by atoms with van der Waals surface area (Å²) in [6.45, 7) is 1.50. The Labute approximate surface area is 144 Å². The SMILES string of the molecule is CC(C(=O)Nc1cccc([N+](=O)[O-])c1)N1C(=O)C2CCCCC2C1=O. The second-order valence-electron chi connectivity index (χ2n) is 6.52. The fourth-order valence-corrected chi connectivity index (χ4v) is 3.63. The van der Waals surface area contributed by atoms with Crippen molar-refractivity contribution in [2.45, 2.75) is 38.6 Å². The first kappa shape index (κ1) is 17.1. The number of carbonyl (C=O) groups is 3. The van der Waals surface area contributed by atoms with Crippen LogP contribution in [0.5, 0.6) is 0 Å². The molecule has 1 aliphatic carbocycles. The number of amides is 3. The molecule has 2 fully saturated rings. The number of carbonyl (C=O) groups excluding carboxylic acids is 3. The van der Waals surface area contributed by atoms with E-state index in [1.165, 1.54) is 31.2 Å². The number of nitro benzene ring substituents is 1. The maximum Gasteiger partial charge on any atom is 0.271 e. The summed E-state index contributed by atoms with van der Waals surface area (Å²) < 4.78 is 0. The molecule has 8 nitrogen and oxygen atoms in total. The molecule has 0 spiro atoms. The van der Waals surface area contributed by atoms with Crippen LogP contribution in [-0.4, -0.2) is 33.6 Å². The van der Waals surface area contributed by atoms with Crippen molar-refractivity contribution in [1.29, 1.82) is 0 Å². The fourth-order valence-electron chi connectivity index (χ4n) is 3.63. The number of rotatable bonds is 4. The summed E-state index contributed by atoms with van der Waals surface area (Å²) in [6, 6.07) is 4.57. The largest absolute Gasteiger partial charge is 0.324 e. The summed E-state index contributed by atoms with van der Waals surface area (Å²) in [5.74, 6) is -1.72. The van der Waals surface area contributed by atoms with Gasteiger partial charge < -0.3 is 5.32 Å². The average molecular weight is 345 g/mol. The van der Waals surface area contributed by atoms with Crippen LogP contribution in [0.3, 0.4) is 0 Å². The van der Waals surface area contributed by atoms with Crippen LogP contribution in [-0.2, 0) is 14.4 Å². The summed E-state index contributed by atoms with van der Waals surface area (Å²) in [7, 11) is 0. The first-order valence-electron chi connectivity index (χ1n) is 8.32. The molecule has 1 saturated heterocycles. The number of anilines is 1. The third kappa shape index (κ3) is 3.11. The van der Waals surface area contributed by atoms with Gasteiger partial charge in [-0.05, 0) is 25.8 Å². The third-order valence-electron chi connectivity index (χ3n) is 4.97. The van der Waals surface area contributed by atoms with E-state index in [0.29, 0.717) is 12.8 Å². The van der Waals surface area contributed by atoms with Crippen LogP contribution in [0.4, 0.5) is 11.4 Å². The molecule has 0 bridgehead atoms. The predicted molar refractivity (Wildman–Crippen MR) is 88.5 cm³/mol. The Bertz CT molecular complexity index is 724. The Morgan fingerprint density at radius 1 is 1.24 bits per heavy atom. The van der Waals surface area contributed by atoms with E-state index >= 15 is 0 Å². The quantitative estimate of drug-likeness (QED) is 0.510. The predicted octanol–water partition coefficient (Wildman–Crippen LogP) is 2.10. The molecular formula is C17H19N3O5. The number of hydrogen-bond acceptors (Lipinski definition) is 5. The molecule has 1 heterocycles. The Hall–Kier alpha value is -2.77. The summed E-state index contributed by atoms with van der Waals surface area (Å²) >= 11 is 0. The standard InChI is InChI=1S/C17H19N3O5/c1-10(15(21)18-11-5-4-6-12(9-11)20(24)25)19-16(22)13-7-2-3-8-14(13)17(19)23/h4-6,9-10,13-14H,2-3,7-8H2,1H3,(H,18,21). The van der Waals surface area contributed by atoms with E-state index in [0.717, 1.165) is 17.7 Å². The van der Waals surface area contributed by atoms with Gasteiger partial charge >= 0.3 is 0 Å². The molecule has 3 unspecified atom stereocenters. The summed E-state index contributed by atoms with van der Waals surface area (Å²) in [6.07, 6.45) is 3.21. The Kier molecular flexibility index (Phi) is 4.52. The van der Waals surface area contributed by atoms with E-state index in [2.05, 4.69) is 5.32 Å². The van der Waals surface area contributed by atoms with Crippen LogP contribution in [0.1, 0.15) is 32.6 Å². The average Bonchev–Trinajstić information content (AvgIpc) is 2.86. The van der Waals surface area contributed by atoms with E-state index in [4.69, 9.17) is 0 Å². The molecule has 132 valence electrons. The van der Waals surface area contributed by atoms with E-state index in [9.17, 15) is 24.5 Å². The van der Waals surface area contributed by atoms with Crippen LogP contribution in [0, 0.1) is 22.0 Å². The van der Waals surface area contributed by atoms with Gasteiger partial charge in [0.2, 0.25) is 17.7 Å². The molecule has 3 rings (SSSR count). The monoisotopic (exact) mass is 345 g/mol. The summed E-state index contributed by atoms with van der Waals surface area (Å²) in [5.41, 5.74) is 0.104. The molecule has 3 amide bonds. The zero-order chi connectivity index (χ0) is 18.1. The van der Waals surface area contributed by atoms with Gasteiger partial charge in [-0.2, -0.15) is 0 Å². The van der Waals surface area contributed by atoms with Gasteiger partial charge in [0.25, 0.3) is 5.69 Å². The fraction of sp³-hybridized carbons (Fsp3) is 0.471. The minimum absolute atomic E-state index is 0.148. The number of nitrogens with one attached hydrogen (secondary N) is 1. The van der Waals surface area contributed by atoms with Gasteiger partial charge in [-0.3, -0.25) is 29.4 Å². The zero-order valence-corrected chi connectivity index (χ0v) is 13.8. The van der Waals surface area contributed by atoms with Crippen molar-refractivity contribution in [3.05, 3.63) is 34.4 Å². The van der Waals surface area contributed by atoms with Crippen LogP contribution in [0.2, 0.25) is 0 Å².